The lowest BCUT2D eigenvalue weighted by Crippen LogP contribution is -2.18. The zero-order chi connectivity index (χ0) is 19.8. The summed E-state index contributed by atoms with van der Waals surface area (Å²) < 4.78 is 48.5. The molecule has 0 radical (unpaired) electrons. The Morgan fingerprint density at radius 3 is 1.96 bits per heavy atom. The van der Waals surface area contributed by atoms with E-state index < -0.39 is 19.7 Å². The predicted molar refractivity (Wildman–Crippen MR) is 103 cm³/mol. The molecule has 0 atom stereocenters. The van der Waals surface area contributed by atoms with E-state index in [1.807, 2.05) is 0 Å². The summed E-state index contributed by atoms with van der Waals surface area (Å²) in [6.07, 6.45) is 0.900. The van der Waals surface area contributed by atoms with Crippen LogP contribution in [0.15, 0.2) is 46.2 Å². The fraction of sp³-hybridized carbons (Fsp3) is 0.333. The van der Waals surface area contributed by atoms with Crippen molar-refractivity contribution >= 4 is 31.0 Å². The third kappa shape index (κ3) is 3.74. The molecule has 1 N–H and O–H groups in total. The second-order valence-electron chi connectivity index (χ2n) is 6.32. The fourth-order valence-corrected chi connectivity index (χ4v) is 4.87. The molecule has 0 aromatic heterocycles. The highest BCUT2D eigenvalue weighted by molar-refractivity contribution is 7.91. The number of benzene rings is 2. The number of nitrogens with one attached hydrogen (secondary N) is 1. The highest BCUT2D eigenvalue weighted by atomic mass is 32.2. The maximum Gasteiger partial charge on any atom is 0.295 e. The first-order valence-corrected chi connectivity index (χ1v) is 11.9. The van der Waals surface area contributed by atoms with Crippen LogP contribution >= 0.6 is 0 Å². The van der Waals surface area contributed by atoms with E-state index in [-0.39, 0.29) is 21.3 Å². The number of anilines is 1. The van der Waals surface area contributed by atoms with E-state index in [9.17, 15) is 21.7 Å². The van der Waals surface area contributed by atoms with Gasteiger partial charge in [-0.15, -0.1) is 5.43 Å². The van der Waals surface area contributed by atoms with Gasteiger partial charge in [-0.2, -0.15) is 0 Å². The minimum Gasteiger partial charge on any atom is -0.224 e. The molecular weight excluding hydrogens is 388 g/mol. The van der Waals surface area contributed by atoms with Crippen molar-refractivity contribution in [3.05, 3.63) is 52.4 Å². The summed E-state index contributed by atoms with van der Waals surface area (Å²) >= 11 is 0. The molecule has 0 unspecified atom stereocenters. The maximum atomic E-state index is 12.5. The van der Waals surface area contributed by atoms with E-state index in [0.717, 1.165) is 0 Å². The first kappa shape index (κ1) is 19.5. The zero-order valence-electron chi connectivity index (χ0n) is 15.1. The van der Waals surface area contributed by atoms with Crippen molar-refractivity contribution in [2.24, 2.45) is 0 Å². The van der Waals surface area contributed by atoms with Crippen LogP contribution in [0.4, 0.5) is 11.4 Å². The van der Waals surface area contributed by atoms with Gasteiger partial charge in [-0.25, -0.2) is 16.8 Å². The summed E-state index contributed by atoms with van der Waals surface area (Å²) in [5, 5.41) is 0. The third-order valence-electron chi connectivity index (χ3n) is 4.71. The summed E-state index contributed by atoms with van der Waals surface area (Å²) in [6, 6.07) is 9.11. The van der Waals surface area contributed by atoms with Gasteiger partial charge in [0.1, 0.15) is 5.69 Å². The lowest BCUT2D eigenvalue weighted by atomic mass is 10.0. The quantitative estimate of drug-likeness (QED) is 0.780. The Kier molecular flexibility index (Phi) is 5.09. The van der Waals surface area contributed by atoms with Gasteiger partial charge in [0.05, 0.1) is 26.2 Å². The summed E-state index contributed by atoms with van der Waals surface area (Å²) in [7, 11) is -6.74. The number of nitrogens with zero attached hydrogens (tertiary/aromatic N) is 1. The molecule has 1 aliphatic rings. The minimum atomic E-state index is -3.38. The van der Waals surface area contributed by atoms with Crippen LogP contribution in [-0.4, -0.2) is 33.2 Å². The van der Waals surface area contributed by atoms with E-state index in [2.05, 4.69) is 5.43 Å². The normalized spacial score (nSPS) is 14.5. The zero-order valence-corrected chi connectivity index (χ0v) is 16.7. The molecule has 27 heavy (non-hydrogen) atoms. The van der Waals surface area contributed by atoms with Gasteiger partial charge < -0.3 is 0 Å². The van der Waals surface area contributed by atoms with Crippen molar-refractivity contribution in [2.45, 2.75) is 36.5 Å². The van der Waals surface area contributed by atoms with Gasteiger partial charge in [0, 0.05) is 11.6 Å². The second kappa shape index (κ2) is 7.05. The van der Waals surface area contributed by atoms with E-state index in [1.54, 1.807) is 26.0 Å². The average molecular weight is 410 g/mol. The van der Waals surface area contributed by atoms with Crippen LogP contribution in [0.2, 0.25) is 0 Å². The highest BCUT2D eigenvalue weighted by Crippen LogP contribution is 2.31. The molecule has 1 aliphatic heterocycles. The molecule has 0 bridgehead atoms. The van der Waals surface area contributed by atoms with Crippen LogP contribution < -0.4 is 5.43 Å². The summed E-state index contributed by atoms with van der Waals surface area (Å²) in [4.78, 5) is 13.5. The Balaban J connectivity index is 2.04. The van der Waals surface area contributed by atoms with Crippen LogP contribution in [0.5, 0.6) is 0 Å². The molecule has 7 nitrogen and oxygen atoms in total. The van der Waals surface area contributed by atoms with Crippen LogP contribution in [0.25, 0.3) is 0 Å². The number of hydrazine groups is 1. The van der Waals surface area contributed by atoms with Crippen molar-refractivity contribution in [2.75, 3.05) is 16.9 Å². The van der Waals surface area contributed by atoms with Gasteiger partial charge in [0.15, 0.2) is 24.5 Å². The average Bonchev–Trinajstić information content (AvgIpc) is 2.65. The molecule has 0 fully saturated rings. The Morgan fingerprint density at radius 1 is 0.852 bits per heavy atom. The number of sulfone groups is 2. The topological polar surface area (TPSA) is 100 Å². The Labute approximate surface area is 158 Å². The molecular formula is C18H21N2O5S2+. The van der Waals surface area contributed by atoms with Crippen LogP contribution in [0.3, 0.4) is 0 Å². The molecule has 1 heterocycles. The molecule has 2 aromatic carbocycles. The summed E-state index contributed by atoms with van der Waals surface area (Å²) in [6.45, 7) is 3.15. The molecule has 0 saturated carbocycles. The number of hydrogen-bond donors (Lipinski definition) is 1. The van der Waals surface area contributed by atoms with Crippen molar-refractivity contribution in [1.29, 1.82) is 0 Å². The third-order valence-corrected chi connectivity index (χ3v) is 8.17. The number of rotatable bonds is 4. The molecule has 0 aliphatic carbocycles. The molecule has 0 saturated heterocycles. The maximum absolute atomic E-state index is 12.5. The largest absolute Gasteiger partial charge is 0.295 e. The predicted octanol–water partition coefficient (Wildman–Crippen LogP) is 2.81. The van der Waals surface area contributed by atoms with Crippen LogP contribution in [-0.2, 0) is 32.5 Å². The van der Waals surface area contributed by atoms with Gasteiger partial charge in [-0.3, -0.25) is 0 Å². The first-order valence-electron chi connectivity index (χ1n) is 8.63. The molecule has 0 spiro atoms. The molecule has 0 amide bonds. The van der Waals surface area contributed by atoms with E-state index in [4.69, 9.17) is 0 Å². The lowest BCUT2D eigenvalue weighted by Gasteiger charge is -2.14. The fourth-order valence-electron chi connectivity index (χ4n) is 3.01. The van der Waals surface area contributed by atoms with Gasteiger partial charge >= 0.3 is 0 Å². The van der Waals surface area contributed by atoms with Gasteiger partial charge in [0.2, 0.25) is 0 Å². The molecule has 144 valence electrons. The van der Waals surface area contributed by atoms with Gasteiger partial charge in [0.25, 0.3) is 5.69 Å². The van der Waals surface area contributed by atoms with Crippen molar-refractivity contribution in [3.63, 3.8) is 0 Å². The van der Waals surface area contributed by atoms with Crippen molar-refractivity contribution in [3.8, 4) is 0 Å². The van der Waals surface area contributed by atoms with Crippen molar-refractivity contribution < 1.29 is 21.7 Å². The van der Waals surface area contributed by atoms with Crippen LogP contribution in [0.1, 0.15) is 25.0 Å². The molecule has 2 aromatic rings. The van der Waals surface area contributed by atoms with Crippen LogP contribution in [0, 0.1) is 4.91 Å². The second-order valence-corrected chi connectivity index (χ2v) is 10.9. The van der Waals surface area contributed by atoms with E-state index >= 15 is 0 Å². The van der Waals surface area contributed by atoms with Crippen molar-refractivity contribution in [1.82, 2.24) is 0 Å². The molecule has 9 heteroatoms. The lowest BCUT2D eigenvalue weighted by molar-refractivity contribution is -0.428. The Hall–Kier alpha value is -2.26. The van der Waals surface area contributed by atoms with Gasteiger partial charge in [-0.1, -0.05) is 13.8 Å². The Morgan fingerprint density at radius 2 is 1.37 bits per heavy atom. The van der Waals surface area contributed by atoms with Gasteiger partial charge in [-0.05, 0) is 48.7 Å². The molecule has 3 rings (SSSR count). The Bertz CT molecular complexity index is 1120. The van der Waals surface area contributed by atoms with E-state index in [0.29, 0.717) is 40.2 Å². The summed E-state index contributed by atoms with van der Waals surface area (Å²) in [5.41, 5.74) is 4.90. The van der Waals surface area contributed by atoms with E-state index in [1.165, 1.54) is 24.3 Å². The number of fused-ring (bicyclic) bond motifs is 2. The standard InChI is InChI=1S/C18H21N2O5S2/c1-3-26(22,23)15-7-9-17-13(11-15)5-6-14-12-16(27(24,25)4-2)8-10-18(14)20(21)19-17/h7-12H,3-6H2,1-2H3,(H,19,21)/q+1. The smallest absolute Gasteiger partial charge is 0.224 e. The SMILES string of the molecule is CCS(=O)(=O)c1ccc2c(c1)CCc1cc(S(=O)(=O)CC)ccc1[N+](=O)N2. The number of aryl methyl sites for hydroxylation is 2. The summed E-state index contributed by atoms with van der Waals surface area (Å²) in [5.74, 6) is -0.0276. The highest BCUT2D eigenvalue weighted by Gasteiger charge is 2.27. The monoisotopic (exact) mass is 409 g/mol. The number of hydrogen-bond acceptors (Lipinski definition) is 5. The first-order chi connectivity index (χ1) is 12.7. The minimum absolute atomic E-state index is 0.00599. The number of nitroso groups, excluding NO2 is 1.